The van der Waals surface area contributed by atoms with Gasteiger partial charge in [0.2, 0.25) is 0 Å². The molecule has 0 spiro atoms. The number of hydrogen-bond donors (Lipinski definition) is 2. The molecule has 0 aliphatic carbocycles. The molecule has 0 unspecified atom stereocenters. The zero-order valence-corrected chi connectivity index (χ0v) is 27.3. The highest BCUT2D eigenvalue weighted by atomic mass is 16.5. The zero-order chi connectivity index (χ0) is 33.6. The molecule has 2 heterocycles. The molecule has 4 aromatic carbocycles. The first-order valence-electron chi connectivity index (χ1n) is 15.9. The van der Waals surface area contributed by atoms with Crippen molar-refractivity contribution in [2.75, 3.05) is 32.6 Å². The Morgan fingerprint density at radius 3 is 2.21 bits per heavy atom. The number of H-pyrrole nitrogens is 1. The van der Waals surface area contributed by atoms with Crippen LogP contribution in [-0.2, 0) is 26.4 Å². The summed E-state index contributed by atoms with van der Waals surface area (Å²) in [4.78, 5) is 43.9. The smallest absolute Gasteiger partial charge is 0.274 e. The fraction of sp³-hybridized carbons (Fsp3) is 0.205. The lowest BCUT2D eigenvalue weighted by atomic mass is 9.98. The third kappa shape index (κ3) is 7.32. The maximum absolute atomic E-state index is 13.0. The Bertz CT molecular complexity index is 2170. The van der Waals surface area contributed by atoms with E-state index < -0.39 is 0 Å². The number of ether oxygens (including phenoxy) is 2. The van der Waals surface area contributed by atoms with Gasteiger partial charge in [0.15, 0.2) is 11.5 Å². The fourth-order valence-corrected chi connectivity index (χ4v) is 5.92. The number of nitrogens with one attached hydrogen (secondary N) is 2. The highest BCUT2D eigenvalue weighted by Gasteiger charge is 2.19. The highest BCUT2D eigenvalue weighted by Crippen LogP contribution is 2.33. The summed E-state index contributed by atoms with van der Waals surface area (Å²) >= 11 is 0. The van der Waals surface area contributed by atoms with Crippen molar-refractivity contribution in [3.05, 3.63) is 156 Å². The third-order valence-corrected chi connectivity index (χ3v) is 8.69. The van der Waals surface area contributed by atoms with Crippen molar-refractivity contribution in [3.63, 3.8) is 0 Å². The summed E-state index contributed by atoms with van der Waals surface area (Å²) in [5.41, 5.74) is 5.78. The molecule has 1 aliphatic heterocycles. The van der Waals surface area contributed by atoms with Crippen LogP contribution in [0.4, 0.5) is 5.69 Å². The predicted molar refractivity (Wildman–Crippen MR) is 188 cm³/mol. The average Bonchev–Trinajstić information content (AvgIpc) is 3.12. The number of rotatable bonds is 9. The van der Waals surface area contributed by atoms with E-state index in [-0.39, 0.29) is 27.7 Å². The van der Waals surface area contributed by atoms with Crippen molar-refractivity contribution in [1.82, 2.24) is 14.5 Å². The van der Waals surface area contributed by atoms with E-state index in [1.165, 1.54) is 21.3 Å². The van der Waals surface area contributed by atoms with Gasteiger partial charge in [-0.15, -0.1) is 0 Å². The van der Waals surface area contributed by atoms with Gasteiger partial charge in [-0.1, -0.05) is 54.6 Å². The lowest BCUT2D eigenvalue weighted by Gasteiger charge is -2.29. The Balaban J connectivity index is 1.06. The summed E-state index contributed by atoms with van der Waals surface area (Å²) in [5.74, 6) is 1.32. The van der Waals surface area contributed by atoms with Crippen molar-refractivity contribution in [1.29, 1.82) is 0 Å². The van der Waals surface area contributed by atoms with Gasteiger partial charge in [-0.05, 0) is 89.2 Å². The molecule has 5 aromatic rings. The first kappa shape index (κ1) is 32.3. The van der Waals surface area contributed by atoms with E-state index in [9.17, 15) is 14.4 Å². The number of anilines is 1. The molecule has 244 valence electrons. The van der Waals surface area contributed by atoms with Crippen LogP contribution in [0, 0.1) is 0 Å². The van der Waals surface area contributed by atoms with Crippen molar-refractivity contribution in [2.24, 2.45) is 7.05 Å². The van der Waals surface area contributed by atoms with Gasteiger partial charge in [0.1, 0.15) is 10.7 Å². The summed E-state index contributed by atoms with van der Waals surface area (Å²) in [7, 11) is 4.90. The van der Waals surface area contributed by atoms with Gasteiger partial charge in [-0.25, -0.2) is 0 Å². The lowest BCUT2D eigenvalue weighted by molar-refractivity contribution is 0.102. The second-order valence-corrected chi connectivity index (χ2v) is 11.8. The minimum absolute atomic E-state index is 0.176. The SMILES string of the molecule is COc1cc2c(cc1OC)CN(CCc1ccc(C(=O)Nc3ccc(C=c4[nH]c(=O)c(=Cc5ccccc5)n(C)c4=O)cc3)cc1)CC2. The normalized spacial score (nSPS) is 13.6. The van der Waals surface area contributed by atoms with Crippen LogP contribution >= 0.6 is 0 Å². The molecule has 1 aliphatic rings. The fourth-order valence-electron chi connectivity index (χ4n) is 5.92. The first-order chi connectivity index (χ1) is 23.3. The Labute approximate surface area is 278 Å². The molecule has 2 N–H and O–H groups in total. The number of benzene rings is 4. The van der Waals surface area contributed by atoms with Crippen LogP contribution in [0.2, 0.25) is 0 Å². The van der Waals surface area contributed by atoms with Crippen molar-refractivity contribution < 1.29 is 14.3 Å². The maximum atomic E-state index is 13.0. The van der Waals surface area contributed by atoms with Gasteiger partial charge < -0.3 is 24.3 Å². The zero-order valence-electron chi connectivity index (χ0n) is 27.3. The monoisotopic (exact) mass is 642 g/mol. The molecule has 9 heteroatoms. The molecule has 9 nitrogen and oxygen atoms in total. The number of aromatic amines is 1. The second kappa shape index (κ2) is 14.4. The molecule has 0 radical (unpaired) electrons. The molecule has 6 rings (SSSR count). The summed E-state index contributed by atoms with van der Waals surface area (Å²) in [6, 6.07) is 28.3. The van der Waals surface area contributed by atoms with E-state index in [2.05, 4.69) is 27.3 Å². The van der Waals surface area contributed by atoms with Crippen LogP contribution in [-0.4, -0.2) is 47.7 Å². The Kier molecular flexibility index (Phi) is 9.68. The maximum Gasteiger partial charge on any atom is 0.274 e. The molecule has 0 bridgehead atoms. The molecule has 0 fully saturated rings. The van der Waals surface area contributed by atoms with Gasteiger partial charge in [0, 0.05) is 37.9 Å². The van der Waals surface area contributed by atoms with Crippen LogP contribution in [0.5, 0.6) is 11.5 Å². The van der Waals surface area contributed by atoms with Crippen LogP contribution in [0.1, 0.15) is 38.2 Å². The number of aromatic nitrogens is 2. The van der Waals surface area contributed by atoms with Crippen LogP contribution in [0.3, 0.4) is 0 Å². The molecule has 1 amide bonds. The van der Waals surface area contributed by atoms with Gasteiger partial charge in [-0.3, -0.25) is 19.3 Å². The molecule has 0 saturated heterocycles. The van der Waals surface area contributed by atoms with Gasteiger partial charge in [-0.2, -0.15) is 0 Å². The number of hydrogen-bond acceptors (Lipinski definition) is 6. The average molecular weight is 643 g/mol. The van der Waals surface area contributed by atoms with Gasteiger partial charge >= 0.3 is 0 Å². The number of carbonyl (C=O) groups excluding carboxylic acids is 1. The number of carbonyl (C=O) groups is 1. The number of nitrogens with zero attached hydrogens (tertiary/aromatic N) is 2. The first-order valence-corrected chi connectivity index (χ1v) is 15.9. The van der Waals surface area contributed by atoms with Crippen molar-refractivity contribution in [3.8, 4) is 11.5 Å². The molecule has 48 heavy (non-hydrogen) atoms. The molecule has 0 atom stereocenters. The van der Waals surface area contributed by atoms with E-state index in [0.29, 0.717) is 16.8 Å². The Hall–Kier alpha value is -5.67. The number of methoxy groups -OCH3 is 2. The van der Waals surface area contributed by atoms with Crippen molar-refractivity contribution >= 4 is 23.7 Å². The van der Waals surface area contributed by atoms with Crippen molar-refractivity contribution in [2.45, 2.75) is 19.4 Å². The molecule has 1 aromatic heterocycles. The number of amides is 1. The largest absolute Gasteiger partial charge is 0.493 e. The summed E-state index contributed by atoms with van der Waals surface area (Å²) in [5, 5.41) is 3.38. The Morgan fingerprint density at radius 2 is 1.52 bits per heavy atom. The molecular weight excluding hydrogens is 604 g/mol. The molecule has 0 saturated carbocycles. The van der Waals surface area contributed by atoms with Gasteiger partial charge in [0.25, 0.3) is 17.0 Å². The second-order valence-electron chi connectivity index (χ2n) is 11.8. The van der Waals surface area contributed by atoms with E-state index in [1.807, 2.05) is 54.6 Å². The topological polar surface area (TPSA) is 106 Å². The summed E-state index contributed by atoms with van der Waals surface area (Å²) < 4.78 is 12.3. The summed E-state index contributed by atoms with van der Waals surface area (Å²) in [6.07, 6.45) is 5.15. The minimum Gasteiger partial charge on any atom is -0.493 e. The lowest BCUT2D eigenvalue weighted by Crippen LogP contribution is -2.52. The number of fused-ring (bicyclic) bond motifs is 1. The van der Waals surface area contributed by atoms with Crippen LogP contribution in [0.15, 0.2) is 101 Å². The van der Waals surface area contributed by atoms with Crippen LogP contribution < -0.4 is 36.6 Å². The van der Waals surface area contributed by atoms with E-state index in [1.54, 1.807) is 57.7 Å². The Morgan fingerprint density at radius 1 is 0.854 bits per heavy atom. The van der Waals surface area contributed by atoms with E-state index in [4.69, 9.17) is 9.47 Å². The molecular formula is C39H38N4O5. The van der Waals surface area contributed by atoms with Gasteiger partial charge in [0.05, 0.1) is 14.2 Å². The summed E-state index contributed by atoms with van der Waals surface area (Å²) in [6.45, 7) is 2.76. The minimum atomic E-state index is -0.359. The predicted octanol–water partition coefficient (Wildman–Crippen LogP) is 3.60. The van der Waals surface area contributed by atoms with E-state index in [0.717, 1.165) is 49.5 Å². The van der Waals surface area contributed by atoms with Crippen LogP contribution in [0.25, 0.3) is 12.2 Å². The third-order valence-electron chi connectivity index (χ3n) is 8.69. The van der Waals surface area contributed by atoms with E-state index >= 15 is 0 Å². The highest BCUT2D eigenvalue weighted by molar-refractivity contribution is 6.04. The standard InChI is InChI=1S/C39H38N4O5/c1-42-34(22-27-7-5-4-6-8-27)38(45)41-33(39(42)46)21-28-11-15-32(16-12-28)40-37(44)29-13-9-26(10-14-29)17-19-43-20-18-30-23-35(47-2)36(48-3)24-31(30)25-43/h4-16,21-24H,17-20,25H2,1-3H3,(H,40,44)(H,41,45). The quantitative estimate of drug-likeness (QED) is 0.255.